The Morgan fingerprint density at radius 2 is 0.902 bits per heavy atom. The molecule has 2 heterocycles. The molecule has 0 N–H and O–H groups in total. The molecule has 9 aromatic rings. The molecule has 0 radical (unpaired) electrons. The van der Waals surface area contributed by atoms with Crippen LogP contribution in [0.5, 0.6) is 0 Å². The molecule has 7 aromatic carbocycles. The molecule has 0 bridgehead atoms. The molecule has 2 aromatic heterocycles. The van der Waals surface area contributed by atoms with Gasteiger partial charge in [-0.15, -0.1) is 0 Å². The zero-order valence-electron chi connectivity index (χ0n) is 27.4. The summed E-state index contributed by atoms with van der Waals surface area (Å²) in [5, 5.41) is 11.9. The van der Waals surface area contributed by atoms with Gasteiger partial charge in [-0.2, -0.15) is 5.26 Å². The molecule has 51 heavy (non-hydrogen) atoms. The third-order valence-electron chi connectivity index (χ3n) is 9.19. The first-order valence-electron chi connectivity index (χ1n) is 16.8. The number of rotatable bonds is 6. The van der Waals surface area contributed by atoms with Gasteiger partial charge in [-0.3, -0.25) is 0 Å². The van der Waals surface area contributed by atoms with Crippen molar-refractivity contribution in [3.8, 4) is 73.6 Å². The molecule has 0 amide bonds. The number of hydrogen-bond acceptors (Lipinski definition) is 5. The van der Waals surface area contributed by atoms with E-state index in [-0.39, 0.29) is 0 Å². The van der Waals surface area contributed by atoms with Crippen molar-refractivity contribution in [3.63, 3.8) is 0 Å². The number of nitrogens with zero attached hydrogens (tertiary/aromatic N) is 4. The second-order valence-electron chi connectivity index (χ2n) is 12.3. The van der Waals surface area contributed by atoms with E-state index in [0.29, 0.717) is 28.6 Å². The highest BCUT2D eigenvalue weighted by Crippen LogP contribution is 2.46. The highest BCUT2D eigenvalue weighted by molar-refractivity contribution is 6.19. The number of benzene rings is 7. The Morgan fingerprint density at radius 3 is 1.51 bits per heavy atom. The maximum atomic E-state index is 10.1. The minimum atomic E-state index is 0.530. The minimum absolute atomic E-state index is 0.530. The van der Waals surface area contributed by atoms with Gasteiger partial charge in [0.2, 0.25) is 0 Å². The van der Waals surface area contributed by atoms with Gasteiger partial charge in [0.25, 0.3) is 0 Å². The minimum Gasteiger partial charge on any atom is -0.455 e. The monoisotopic (exact) mass is 652 g/mol. The molecule has 0 fully saturated rings. The molecule has 0 aliphatic heterocycles. The molecule has 0 aliphatic carbocycles. The normalized spacial score (nSPS) is 11.1. The molecule has 0 atom stereocenters. The van der Waals surface area contributed by atoms with E-state index in [0.717, 1.165) is 66.4 Å². The number of hydrogen-bond donors (Lipinski definition) is 0. The van der Waals surface area contributed by atoms with E-state index in [9.17, 15) is 5.26 Å². The lowest BCUT2D eigenvalue weighted by Gasteiger charge is -2.11. The molecule has 0 unspecified atom stereocenters. The number of fused-ring (bicyclic) bond motifs is 3. The lowest BCUT2D eigenvalue weighted by atomic mass is 9.92. The summed E-state index contributed by atoms with van der Waals surface area (Å²) < 4.78 is 7.03. The topological polar surface area (TPSA) is 75.6 Å². The molecule has 9 rings (SSSR count). The zero-order chi connectivity index (χ0) is 34.1. The van der Waals surface area contributed by atoms with Crippen molar-refractivity contribution in [1.82, 2.24) is 15.0 Å². The van der Waals surface area contributed by atoms with Crippen LogP contribution in [0.25, 0.3) is 89.5 Å². The summed E-state index contributed by atoms with van der Waals surface area (Å²) in [6.45, 7) is 0. The molecular formula is C46H28N4O. The van der Waals surface area contributed by atoms with Crippen LogP contribution in [0.4, 0.5) is 0 Å². The lowest BCUT2D eigenvalue weighted by molar-refractivity contribution is 0.671. The van der Waals surface area contributed by atoms with Gasteiger partial charge in [-0.1, -0.05) is 140 Å². The van der Waals surface area contributed by atoms with Crippen LogP contribution in [0.3, 0.4) is 0 Å². The van der Waals surface area contributed by atoms with Crippen LogP contribution in [-0.4, -0.2) is 15.0 Å². The van der Waals surface area contributed by atoms with Gasteiger partial charge in [0.15, 0.2) is 17.5 Å². The maximum Gasteiger partial charge on any atom is 0.164 e. The van der Waals surface area contributed by atoms with Crippen LogP contribution in [0.1, 0.15) is 5.56 Å². The average Bonchev–Trinajstić information content (AvgIpc) is 3.61. The van der Waals surface area contributed by atoms with Gasteiger partial charge in [-0.25, -0.2) is 15.0 Å². The molecule has 0 saturated heterocycles. The van der Waals surface area contributed by atoms with Crippen molar-refractivity contribution in [1.29, 1.82) is 5.26 Å². The fourth-order valence-electron chi connectivity index (χ4n) is 6.75. The first-order valence-corrected chi connectivity index (χ1v) is 16.8. The number of furan rings is 1. The highest BCUT2D eigenvalue weighted by Gasteiger charge is 2.24. The van der Waals surface area contributed by atoms with E-state index in [1.807, 2.05) is 115 Å². The van der Waals surface area contributed by atoms with E-state index >= 15 is 0 Å². The third-order valence-corrected chi connectivity index (χ3v) is 9.19. The SMILES string of the molecule is N#Cc1ccccc1-c1ccc(-c2nc(-c3ccccc3)nc(-c3ccccc3)n2)c2c1oc1c(-c3ccccc3)cc(-c3ccccc3)cc12. The molecule has 238 valence electrons. The predicted octanol–water partition coefficient (Wildman–Crippen LogP) is 11.6. The summed E-state index contributed by atoms with van der Waals surface area (Å²) in [6, 6.07) is 59.1. The predicted molar refractivity (Wildman–Crippen MR) is 204 cm³/mol. The van der Waals surface area contributed by atoms with Crippen molar-refractivity contribution >= 4 is 21.9 Å². The summed E-state index contributed by atoms with van der Waals surface area (Å²) in [5.74, 6) is 1.69. The Morgan fingerprint density at radius 1 is 0.392 bits per heavy atom. The van der Waals surface area contributed by atoms with Crippen molar-refractivity contribution in [2.24, 2.45) is 0 Å². The molecule has 5 nitrogen and oxygen atoms in total. The van der Waals surface area contributed by atoms with E-state index in [1.165, 1.54) is 0 Å². The first-order chi connectivity index (χ1) is 25.2. The quantitative estimate of drug-likeness (QED) is 0.179. The van der Waals surface area contributed by atoms with Gasteiger partial charge in [0.1, 0.15) is 11.2 Å². The summed E-state index contributed by atoms with van der Waals surface area (Å²) in [7, 11) is 0. The molecule has 0 aliphatic rings. The fraction of sp³-hybridized carbons (Fsp3) is 0. The number of aromatic nitrogens is 3. The second kappa shape index (κ2) is 12.7. The Kier molecular flexibility index (Phi) is 7.46. The van der Waals surface area contributed by atoms with Crippen LogP contribution < -0.4 is 0 Å². The van der Waals surface area contributed by atoms with Gasteiger partial charge in [0, 0.05) is 44.2 Å². The Labute approximate surface area is 294 Å². The van der Waals surface area contributed by atoms with Crippen LogP contribution >= 0.6 is 0 Å². The van der Waals surface area contributed by atoms with E-state index in [1.54, 1.807) is 0 Å². The number of nitriles is 1. The van der Waals surface area contributed by atoms with Crippen LogP contribution in [0.15, 0.2) is 174 Å². The summed E-state index contributed by atoms with van der Waals surface area (Å²) in [4.78, 5) is 15.2. The van der Waals surface area contributed by atoms with E-state index < -0.39 is 0 Å². The van der Waals surface area contributed by atoms with Crippen molar-refractivity contribution in [2.45, 2.75) is 0 Å². The first kappa shape index (κ1) is 29.9. The average molecular weight is 653 g/mol. The summed E-state index contributed by atoms with van der Waals surface area (Å²) in [5.41, 5.74) is 10.4. The van der Waals surface area contributed by atoms with Crippen LogP contribution in [0.2, 0.25) is 0 Å². The van der Waals surface area contributed by atoms with Gasteiger partial charge >= 0.3 is 0 Å². The molecule has 5 heteroatoms. The van der Waals surface area contributed by atoms with Gasteiger partial charge in [0.05, 0.1) is 11.6 Å². The van der Waals surface area contributed by atoms with E-state index in [4.69, 9.17) is 19.4 Å². The Bertz CT molecular complexity index is 2680. The largest absolute Gasteiger partial charge is 0.455 e. The Hall–Kier alpha value is -7.16. The van der Waals surface area contributed by atoms with Crippen LogP contribution in [0, 0.1) is 11.3 Å². The molecular weight excluding hydrogens is 625 g/mol. The summed E-state index contributed by atoms with van der Waals surface area (Å²) in [6.07, 6.45) is 0. The standard InChI is InChI=1S/C46H28N4O/c47-29-34-23-13-14-24-36(34)37-25-26-38(46-49-44(32-19-9-3-10-20-32)48-45(50-46)33-21-11-4-12-22-33)41-40-28-35(30-15-5-1-6-16-30)27-39(42(40)51-43(37)41)31-17-7-2-8-18-31/h1-28H. The van der Waals surface area contributed by atoms with Gasteiger partial charge < -0.3 is 4.42 Å². The highest BCUT2D eigenvalue weighted by atomic mass is 16.3. The zero-order valence-corrected chi connectivity index (χ0v) is 27.4. The van der Waals surface area contributed by atoms with Crippen molar-refractivity contribution < 1.29 is 4.42 Å². The van der Waals surface area contributed by atoms with Crippen LogP contribution in [-0.2, 0) is 0 Å². The molecule has 0 spiro atoms. The van der Waals surface area contributed by atoms with Gasteiger partial charge in [-0.05, 0) is 47.0 Å². The third kappa shape index (κ3) is 5.42. The maximum absolute atomic E-state index is 10.1. The summed E-state index contributed by atoms with van der Waals surface area (Å²) >= 11 is 0. The van der Waals surface area contributed by atoms with Crippen molar-refractivity contribution in [3.05, 3.63) is 175 Å². The molecule has 0 saturated carbocycles. The smallest absolute Gasteiger partial charge is 0.164 e. The van der Waals surface area contributed by atoms with Crippen molar-refractivity contribution in [2.75, 3.05) is 0 Å². The Balaban J connectivity index is 1.42. The van der Waals surface area contributed by atoms with E-state index in [2.05, 4.69) is 60.7 Å². The second-order valence-corrected chi connectivity index (χ2v) is 12.3. The lowest BCUT2D eigenvalue weighted by Crippen LogP contribution is -2.00. The fourth-order valence-corrected chi connectivity index (χ4v) is 6.75.